The number of aromatic nitrogens is 1. The fourth-order valence-corrected chi connectivity index (χ4v) is 4.25. The Labute approximate surface area is 203 Å². The van der Waals surface area contributed by atoms with Gasteiger partial charge in [-0.15, -0.1) is 0 Å². The van der Waals surface area contributed by atoms with Gasteiger partial charge in [0.15, 0.2) is 0 Å². The van der Waals surface area contributed by atoms with E-state index in [0.717, 1.165) is 22.3 Å². The van der Waals surface area contributed by atoms with Gasteiger partial charge in [0.05, 0.1) is 11.9 Å². The van der Waals surface area contributed by atoms with Crippen LogP contribution >= 0.6 is 0 Å². The lowest BCUT2D eigenvalue weighted by Crippen LogP contribution is -2.41. The summed E-state index contributed by atoms with van der Waals surface area (Å²) in [6, 6.07) is 18.6. The van der Waals surface area contributed by atoms with Crippen LogP contribution in [0.15, 0.2) is 66.9 Å². The van der Waals surface area contributed by atoms with Crippen LogP contribution in [0.25, 0.3) is 11.1 Å². The van der Waals surface area contributed by atoms with E-state index in [1.165, 1.54) is 18.3 Å². The van der Waals surface area contributed by atoms with Gasteiger partial charge in [0.25, 0.3) is 0 Å². The Bertz CT molecular complexity index is 1190. The number of ether oxygens (including phenoxy) is 1. The molecule has 180 valence electrons. The molecule has 1 atom stereocenters. The molecule has 0 radical (unpaired) electrons. The lowest BCUT2D eigenvalue weighted by Gasteiger charge is -2.22. The lowest BCUT2D eigenvalue weighted by atomic mass is 9.98. The number of benzene rings is 2. The van der Waals surface area contributed by atoms with Gasteiger partial charge in [0.2, 0.25) is 5.91 Å². The molecule has 1 aliphatic carbocycles. The molecule has 2 aromatic carbocycles. The fraction of sp³-hybridized carbons (Fsp3) is 0.259. The van der Waals surface area contributed by atoms with Crippen molar-refractivity contribution in [1.29, 1.82) is 0 Å². The van der Waals surface area contributed by atoms with Gasteiger partial charge < -0.3 is 20.5 Å². The van der Waals surface area contributed by atoms with Crippen LogP contribution in [-0.2, 0) is 9.53 Å². The van der Waals surface area contributed by atoms with Crippen molar-refractivity contribution in [2.75, 3.05) is 11.9 Å². The minimum Gasteiger partial charge on any atom is -0.477 e. The molecule has 1 unspecified atom stereocenters. The van der Waals surface area contributed by atoms with Crippen molar-refractivity contribution >= 4 is 23.7 Å². The van der Waals surface area contributed by atoms with E-state index >= 15 is 0 Å². The number of carboxylic acids is 1. The van der Waals surface area contributed by atoms with Crippen LogP contribution in [0.2, 0.25) is 0 Å². The smallest absolute Gasteiger partial charge is 0.407 e. The van der Waals surface area contributed by atoms with Gasteiger partial charge in [-0.05, 0) is 40.3 Å². The number of carbonyl (C=O) groups excluding carboxylic acids is 2. The second-order valence-corrected chi connectivity index (χ2v) is 8.81. The first-order valence-electron chi connectivity index (χ1n) is 11.4. The van der Waals surface area contributed by atoms with Gasteiger partial charge in [-0.2, -0.15) is 0 Å². The number of anilines is 1. The quantitative estimate of drug-likeness (QED) is 0.438. The molecular formula is C27H27N3O5. The highest BCUT2D eigenvalue weighted by atomic mass is 16.5. The zero-order valence-electron chi connectivity index (χ0n) is 19.5. The van der Waals surface area contributed by atoms with Crippen molar-refractivity contribution in [1.82, 2.24) is 10.3 Å². The molecule has 0 saturated carbocycles. The van der Waals surface area contributed by atoms with Gasteiger partial charge in [-0.25, -0.2) is 14.6 Å². The molecule has 8 nitrogen and oxygen atoms in total. The number of aromatic carboxylic acids is 1. The van der Waals surface area contributed by atoms with Crippen LogP contribution in [0.1, 0.15) is 47.8 Å². The molecule has 2 amide bonds. The highest BCUT2D eigenvalue weighted by Gasteiger charge is 2.29. The molecular weight excluding hydrogens is 446 g/mol. The van der Waals surface area contributed by atoms with Gasteiger partial charge in [-0.1, -0.05) is 62.4 Å². The standard InChI is InChI=1S/C27H27N3O5/c1-16(2)24(13-25(31)29-17-11-12-23(26(32)33)28-14-17)30-27(34)35-15-22-20-9-5-3-7-18(20)19-8-4-6-10-21(19)22/h3-12,14,16,22,24H,13,15H2,1-2H3,(H,29,31)(H,30,34)(H,32,33). The van der Waals surface area contributed by atoms with Crippen molar-refractivity contribution in [2.24, 2.45) is 5.92 Å². The van der Waals surface area contributed by atoms with Crippen LogP contribution in [-0.4, -0.2) is 40.7 Å². The highest BCUT2D eigenvalue weighted by molar-refractivity contribution is 5.92. The van der Waals surface area contributed by atoms with Gasteiger partial charge in [0.1, 0.15) is 12.3 Å². The molecule has 4 rings (SSSR count). The third kappa shape index (κ3) is 5.48. The number of fused-ring (bicyclic) bond motifs is 3. The molecule has 35 heavy (non-hydrogen) atoms. The van der Waals surface area contributed by atoms with E-state index < -0.39 is 18.1 Å². The first-order chi connectivity index (χ1) is 16.8. The van der Waals surface area contributed by atoms with Crippen LogP contribution in [0.4, 0.5) is 10.5 Å². The highest BCUT2D eigenvalue weighted by Crippen LogP contribution is 2.44. The SMILES string of the molecule is CC(C)C(CC(=O)Nc1ccc(C(=O)O)nc1)NC(=O)OCC1c2ccccc2-c2ccccc21. The van der Waals surface area contributed by atoms with Crippen molar-refractivity contribution in [3.05, 3.63) is 83.7 Å². The number of hydrogen-bond acceptors (Lipinski definition) is 5. The topological polar surface area (TPSA) is 118 Å². The largest absolute Gasteiger partial charge is 0.477 e. The van der Waals surface area contributed by atoms with Crippen molar-refractivity contribution in [3.8, 4) is 11.1 Å². The number of rotatable bonds is 8. The van der Waals surface area contributed by atoms with E-state index in [2.05, 4.69) is 39.9 Å². The molecule has 3 N–H and O–H groups in total. The maximum Gasteiger partial charge on any atom is 0.407 e. The lowest BCUT2D eigenvalue weighted by molar-refractivity contribution is -0.116. The van der Waals surface area contributed by atoms with Crippen molar-refractivity contribution in [3.63, 3.8) is 0 Å². The Morgan fingerprint density at radius 2 is 1.60 bits per heavy atom. The monoisotopic (exact) mass is 473 g/mol. The van der Waals surface area contributed by atoms with E-state index in [1.54, 1.807) is 0 Å². The molecule has 0 bridgehead atoms. The fourth-order valence-electron chi connectivity index (χ4n) is 4.25. The predicted octanol–water partition coefficient (Wildman–Crippen LogP) is 4.67. The first kappa shape index (κ1) is 23.9. The molecule has 8 heteroatoms. The Balaban J connectivity index is 1.34. The second-order valence-electron chi connectivity index (χ2n) is 8.81. The maximum atomic E-state index is 12.6. The number of alkyl carbamates (subject to hydrolysis) is 1. The number of amides is 2. The van der Waals surface area contributed by atoms with Gasteiger partial charge in [-0.3, -0.25) is 4.79 Å². The first-order valence-corrected chi connectivity index (χ1v) is 11.4. The third-order valence-electron chi connectivity index (χ3n) is 6.12. The van der Waals surface area contributed by atoms with E-state index in [0.29, 0.717) is 5.69 Å². The summed E-state index contributed by atoms with van der Waals surface area (Å²) in [4.78, 5) is 39.9. The van der Waals surface area contributed by atoms with Crippen molar-refractivity contribution < 1.29 is 24.2 Å². The van der Waals surface area contributed by atoms with Crippen LogP contribution in [0.3, 0.4) is 0 Å². The molecule has 0 fully saturated rings. The van der Waals surface area contributed by atoms with Crippen LogP contribution < -0.4 is 10.6 Å². The van der Waals surface area contributed by atoms with Gasteiger partial charge >= 0.3 is 12.1 Å². The third-order valence-corrected chi connectivity index (χ3v) is 6.12. The summed E-state index contributed by atoms with van der Waals surface area (Å²) in [6.45, 7) is 4.01. The van der Waals surface area contributed by atoms with Crippen LogP contribution in [0, 0.1) is 5.92 Å². The Hall–Kier alpha value is -4.20. The molecule has 1 heterocycles. The zero-order valence-corrected chi connectivity index (χ0v) is 19.5. The number of hydrogen-bond donors (Lipinski definition) is 3. The number of nitrogens with one attached hydrogen (secondary N) is 2. The molecule has 1 aromatic heterocycles. The summed E-state index contributed by atoms with van der Waals surface area (Å²) in [7, 11) is 0. The summed E-state index contributed by atoms with van der Waals surface area (Å²) >= 11 is 0. The summed E-state index contributed by atoms with van der Waals surface area (Å²) in [5.74, 6) is -1.54. The molecule has 1 aliphatic rings. The summed E-state index contributed by atoms with van der Waals surface area (Å²) in [5, 5.41) is 14.4. The van der Waals surface area contributed by atoms with Gasteiger partial charge in [0, 0.05) is 18.4 Å². The number of carboxylic acid groups (broad SMARTS) is 1. The molecule has 0 aliphatic heterocycles. The van der Waals surface area contributed by atoms with Crippen molar-refractivity contribution in [2.45, 2.75) is 32.2 Å². The minimum atomic E-state index is -1.14. The average Bonchev–Trinajstić information content (AvgIpc) is 3.16. The van der Waals surface area contributed by atoms with E-state index in [1.807, 2.05) is 38.1 Å². The zero-order chi connectivity index (χ0) is 24.9. The normalized spacial score (nSPS) is 13.0. The Kier molecular flexibility index (Phi) is 7.10. The predicted molar refractivity (Wildman–Crippen MR) is 131 cm³/mol. The maximum absolute atomic E-state index is 12.6. The molecule has 0 saturated heterocycles. The Morgan fingerprint density at radius 3 is 2.14 bits per heavy atom. The molecule has 0 spiro atoms. The number of pyridine rings is 1. The number of nitrogens with zero attached hydrogens (tertiary/aromatic N) is 1. The Morgan fingerprint density at radius 1 is 0.971 bits per heavy atom. The van der Waals surface area contributed by atoms with E-state index in [4.69, 9.17) is 9.84 Å². The summed E-state index contributed by atoms with van der Waals surface area (Å²) in [5.41, 5.74) is 4.83. The minimum absolute atomic E-state index is 0.0197. The number of carbonyl (C=O) groups is 3. The molecule has 3 aromatic rings. The second kappa shape index (κ2) is 10.4. The van der Waals surface area contributed by atoms with E-state index in [-0.39, 0.29) is 36.5 Å². The van der Waals surface area contributed by atoms with E-state index in [9.17, 15) is 14.4 Å². The summed E-state index contributed by atoms with van der Waals surface area (Å²) < 4.78 is 5.61. The van der Waals surface area contributed by atoms with Crippen LogP contribution in [0.5, 0.6) is 0 Å². The average molecular weight is 474 g/mol. The summed E-state index contributed by atoms with van der Waals surface area (Å²) in [6.07, 6.45) is 0.735.